The number of nitrogens with zero attached hydrogens (tertiary/aromatic N) is 1. The number of carbonyl (C=O) groups is 2. The second kappa shape index (κ2) is 4.82. The van der Waals surface area contributed by atoms with E-state index >= 15 is 0 Å². The number of hydrogen-bond acceptors (Lipinski definition) is 2. The normalized spacial score (nSPS) is 25.8. The maximum Gasteiger partial charge on any atom is 0.233 e. The zero-order valence-electron chi connectivity index (χ0n) is 10.4. The maximum absolute atomic E-state index is 12.3. The molecule has 2 amide bonds. The minimum atomic E-state index is -0.156. The van der Waals surface area contributed by atoms with Crippen LogP contribution < -0.4 is 0 Å². The van der Waals surface area contributed by atoms with E-state index < -0.39 is 0 Å². The Bertz CT molecular complexity index is 541. The molecule has 1 aliphatic carbocycles. The lowest BCUT2D eigenvalue weighted by atomic mass is 9.85. The fourth-order valence-corrected chi connectivity index (χ4v) is 3.06. The second-order valence-corrected chi connectivity index (χ2v) is 5.48. The van der Waals surface area contributed by atoms with Crippen LogP contribution in [0.5, 0.6) is 0 Å². The van der Waals surface area contributed by atoms with Gasteiger partial charge in [0, 0.05) is 5.02 Å². The molecule has 2 aliphatic rings. The Labute approximate surface area is 116 Å². The van der Waals surface area contributed by atoms with Crippen molar-refractivity contribution in [1.29, 1.82) is 0 Å². The lowest BCUT2D eigenvalue weighted by molar-refractivity contribution is -0.140. The summed E-state index contributed by atoms with van der Waals surface area (Å²) in [5.41, 5.74) is 0.890. The molecule has 0 unspecified atom stereocenters. The Morgan fingerprint density at radius 1 is 1.11 bits per heavy atom. The average Bonchev–Trinajstić information content (AvgIpc) is 2.65. The van der Waals surface area contributed by atoms with Gasteiger partial charge < -0.3 is 0 Å². The van der Waals surface area contributed by atoms with Crippen molar-refractivity contribution in [3.05, 3.63) is 47.0 Å². The van der Waals surface area contributed by atoms with Gasteiger partial charge in [0.25, 0.3) is 0 Å². The SMILES string of the molecule is O=C1[C@@H]2CC=CC[C@H]2C(=O)N1Cc1cccc(Cl)c1. The quantitative estimate of drug-likeness (QED) is 0.615. The molecule has 1 heterocycles. The highest BCUT2D eigenvalue weighted by molar-refractivity contribution is 6.30. The van der Waals surface area contributed by atoms with Gasteiger partial charge in [-0.05, 0) is 30.5 Å². The Kier molecular flexibility index (Phi) is 3.15. The van der Waals surface area contributed by atoms with Gasteiger partial charge in [-0.3, -0.25) is 14.5 Å². The predicted octanol–water partition coefficient (Wildman–Crippen LogP) is 2.79. The van der Waals surface area contributed by atoms with Crippen LogP contribution in [-0.4, -0.2) is 16.7 Å². The lowest BCUT2D eigenvalue weighted by Gasteiger charge is -2.14. The van der Waals surface area contributed by atoms with Crippen molar-refractivity contribution in [1.82, 2.24) is 4.90 Å². The van der Waals surface area contributed by atoms with Crippen LogP contribution in [0.25, 0.3) is 0 Å². The molecule has 1 aromatic rings. The summed E-state index contributed by atoms with van der Waals surface area (Å²) in [5, 5.41) is 0.621. The molecular formula is C15H14ClNO2. The van der Waals surface area contributed by atoms with Gasteiger partial charge in [0.15, 0.2) is 0 Å². The maximum atomic E-state index is 12.3. The van der Waals surface area contributed by atoms with E-state index in [0.717, 1.165) is 5.56 Å². The van der Waals surface area contributed by atoms with Crippen molar-refractivity contribution >= 4 is 23.4 Å². The van der Waals surface area contributed by atoms with E-state index in [-0.39, 0.29) is 23.7 Å². The Balaban J connectivity index is 1.82. The largest absolute Gasteiger partial charge is 0.278 e. The van der Waals surface area contributed by atoms with Gasteiger partial charge >= 0.3 is 0 Å². The summed E-state index contributed by atoms with van der Waals surface area (Å²) in [6, 6.07) is 7.29. The first-order chi connectivity index (χ1) is 9.16. The first-order valence-corrected chi connectivity index (χ1v) is 6.79. The summed E-state index contributed by atoms with van der Waals surface area (Å²) in [4.78, 5) is 25.9. The smallest absolute Gasteiger partial charge is 0.233 e. The van der Waals surface area contributed by atoms with Gasteiger partial charge in [0.05, 0.1) is 18.4 Å². The van der Waals surface area contributed by atoms with Crippen molar-refractivity contribution in [2.75, 3.05) is 0 Å². The number of amides is 2. The molecule has 98 valence electrons. The molecule has 0 spiro atoms. The number of benzene rings is 1. The van der Waals surface area contributed by atoms with Gasteiger partial charge in [-0.2, -0.15) is 0 Å². The van der Waals surface area contributed by atoms with E-state index in [1.807, 2.05) is 24.3 Å². The average molecular weight is 276 g/mol. The highest BCUT2D eigenvalue weighted by Gasteiger charge is 2.46. The summed E-state index contributed by atoms with van der Waals surface area (Å²) < 4.78 is 0. The topological polar surface area (TPSA) is 37.4 Å². The van der Waals surface area contributed by atoms with Gasteiger partial charge in [0.1, 0.15) is 0 Å². The molecule has 0 N–H and O–H groups in total. The summed E-state index contributed by atoms with van der Waals surface area (Å²) in [5.74, 6) is -0.396. The van der Waals surface area contributed by atoms with E-state index in [1.165, 1.54) is 4.90 Å². The lowest BCUT2D eigenvalue weighted by Crippen LogP contribution is -2.30. The number of imide groups is 1. The third-order valence-corrected chi connectivity index (χ3v) is 4.06. The minimum absolute atomic E-state index is 0.0423. The number of carbonyl (C=O) groups excluding carboxylic acids is 2. The third kappa shape index (κ3) is 2.19. The first kappa shape index (κ1) is 12.4. The molecule has 0 aromatic heterocycles. The van der Waals surface area contributed by atoms with Crippen LogP contribution >= 0.6 is 11.6 Å². The molecule has 0 saturated carbocycles. The summed E-state index contributed by atoms with van der Waals surface area (Å²) in [7, 11) is 0. The molecule has 19 heavy (non-hydrogen) atoms. The van der Waals surface area contributed by atoms with Crippen LogP contribution in [0.4, 0.5) is 0 Å². The Morgan fingerprint density at radius 2 is 1.74 bits per heavy atom. The van der Waals surface area contributed by atoms with E-state index in [2.05, 4.69) is 0 Å². The van der Waals surface area contributed by atoms with Crippen molar-refractivity contribution in [3.8, 4) is 0 Å². The number of likely N-dealkylation sites (tertiary alicyclic amines) is 1. The molecule has 0 radical (unpaired) electrons. The molecule has 1 aromatic carbocycles. The van der Waals surface area contributed by atoms with Crippen LogP contribution in [0.3, 0.4) is 0 Å². The van der Waals surface area contributed by atoms with Gasteiger partial charge in [0.2, 0.25) is 11.8 Å². The molecule has 1 saturated heterocycles. The highest BCUT2D eigenvalue weighted by Crippen LogP contribution is 2.35. The molecule has 1 fully saturated rings. The number of hydrogen-bond donors (Lipinski definition) is 0. The second-order valence-electron chi connectivity index (χ2n) is 5.05. The fraction of sp³-hybridized carbons (Fsp3) is 0.333. The van der Waals surface area contributed by atoms with E-state index in [1.54, 1.807) is 12.1 Å². The summed E-state index contributed by atoms with van der Waals surface area (Å²) >= 11 is 5.93. The summed E-state index contributed by atoms with van der Waals surface area (Å²) in [6.45, 7) is 0.325. The van der Waals surface area contributed by atoms with Crippen molar-refractivity contribution in [2.45, 2.75) is 19.4 Å². The molecular weight excluding hydrogens is 262 g/mol. The first-order valence-electron chi connectivity index (χ1n) is 6.41. The zero-order valence-corrected chi connectivity index (χ0v) is 11.1. The monoisotopic (exact) mass is 275 g/mol. The van der Waals surface area contributed by atoms with E-state index in [9.17, 15) is 9.59 Å². The zero-order chi connectivity index (χ0) is 13.4. The van der Waals surface area contributed by atoms with Crippen LogP contribution in [-0.2, 0) is 16.1 Å². The molecule has 1 aliphatic heterocycles. The van der Waals surface area contributed by atoms with Crippen LogP contribution in [0.1, 0.15) is 18.4 Å². The number of fused-ring (bicyclic) bond motifs is 1. The van der Waals surface area contributed by atoms with Crippen molar-refractivity contribution < 1.29 is 9.59 Å². The Hall–Kier alpha value is -1.61. The molecule has 3 nitrogen and oxygen atoms in total. The van der Waals surface area contributed by atoms with Gasteiger partial charge in [-0.1, -0.05) is 35.9 Å². The predicted molar refractivity (Wildman–Crippen MR) is 72.4 cm³/mol. The number of rotatable bonds is 2. The van der Waals surface area contributed by atoms with Crippen LogP contribution in [0, 0.1) is 11.8 Å². The summed E-state index contributed by atoms with van der Waals surface area (Å²) in [6.07, 6.45) is 5.35. The Morgan fingerprint density at radius 3 is 2.32 bits per heavy atom. The minimum Gasteiger partial charge on any atom is -0.278 e. The van der Waals surface area contributed by atoms with Gasteiger partial charge in [-0.25, -0.2) is 0 Å². The van der Waals surface area contributed by atoms with E-state index in [4.69, 9.17) is 11.6 Å². The standard InChI is InChI=1S/C15H14ClNO2/c16-11-5-3-4-10(8-11)9-17-14(18)12-6-1-2-7-13(12)15(17)19/h1-5,8,12-13H,6-7,9H2/t12-,13-/m1/s1. The fourth-order valence-electron chi connectivity index (χ4n) is 2.84. The van der Waals surface area contributed by atoms with Gasteiger partial charge in [-0.15, -0.1) is 0 Å². The molecule has 3 rings (SSSR count). The number of halogens is 1. The molecule has 4 heteroatoms. The van der Waals surface area contributed by atoms with Crippen LogP contribution in [0.15, 0.2) is 36.4 Å². The molecule has 2 atom stereocenters. The van der Waals surface area contributed by atoms with Crippen molar-refractivity contribution in [3.63, 3.8) is 0 Å². The van der Waals surface area contributed by atoms with Crippen molar-refractivity contribution in [2.24, 2.45) is 11.8 Å². The van der Waals surface area contributed by atoms with E-state index in [0.29, 0.717) is 24.4 Å². The highest BCUT2D eigenvalue weighted by atomic mass is 35.5. The third-order valence-electron chi connectivity index (χ3n) is 3.83. The van der Waals surface area contributed by atoms with Crippen LogP contribution in [0.2, 0.25) is 5.02 Å². The number of allylic oxidation sites excluding steroid dienone is 2. The molecule has 0 bridgehead atoms.